The van der Waals surface area contributed by atoms with Crippen LogP contribution < -0.4 is 5.32 Å². The maximum Gasteiger partial charge on any atom is 0.259 e. The predicted molar refractivity (Wildman–Crippen MR) is 74.7 cm³/mol. The smallest absolute Gasteiger partial charge is 0.259 e. The molecule has 0 unspecified atom stereocenters. The molecule has 2 rings (SSSR count). The van der Waals surface area contributed by atoms with Gasteiger partial charge in [-0.2, -0.15) is 5.10 Å². The Morgan fingerprint density at radius 2 is 2.11 bits per heavy atom. The number of rotatable bonds is 2. The van der Waals surface area contributed by atoms with Gasteiger partial charge in [-0.3, -0.25) is 9.48 Å². The van der Waals surface area contributed by atoms with Crippen LogP contribution in [0, 0.1) is 19.7 Å². The van der Waals surface area contributed by atoms with Crippen LogP contribution in [-0.4, -0.2) is 15.7 Å². The van der Waals surface area contributed by atoms with E-state index >= 15 is 0 Å². The number of anilines is 1. The van der Waals surface area contributed by atoms with Crippen LogP contribution in [0.3, 0.4) is 0 Å². The van der Waals surface area contributed by atoms with E-state index in [4.69, 9.17) is 0 Å². The molecule has 0 fully saturated rings. The molecule has 1 aromatic carbocycles. The quantitative estimate of drug-likeness (QED) is 0.921. The van der Waals surface area contributed by atoms with Crippen molar-refractivity contribution in [2.45, 2.75) is 13.8 Å². The average molecular weight is 326 g/mol. The molecule has 0 aliphatic heterocycles. The summed E-state index contributed by atoms with van der Waals surface area (Å²) in [6, 6.07) is 4.33. The lowest BCUT2D eigenvalue weighted by molar-refractivity contribution is 0.102. The number of nitrogens with zero attached hydrogens (tertiary/aromatic N) is 2. The number of halogens is 2. The summed E-state index contributed by atoms with van der Waals surface area (Å²) >= 11 is 3.08. The van der Waals surface area contributed by atoms with Crippen LogP contribution in [0.15, 0.2) is 22.7 Å². The first-order chi connectivity index (χ1) is 8.90. The summed E-state index contributed by atoms with van der Waals surface area (Å²) in [7, 11) is 1.79. The largest absolute Gasteiger partial charge is 0.322 e. The zero-order chi connectivity index (χ0) is 14.2. The number of aryl methyl sites for hydroxylation is 2. The SMILES string of the molecule is Cc1nn(C)c(C)c1C(=O)Nc1ccc(F)c(Br)c1. The van der Waals surface area contributed by atoms with E-state index in [1.54, 1.807) is 18.7 Å². The van der Waals surface area contributed by atoms with Gasteiger partial charge < -0.3 is 5.32 Å². The summed E-state index contributed by atoms with van der Waals surface area (Å²) in [6.45, 7) is 3.61. The fourth-order valence-corrected chi connectivity index (χ4v) is 2.25. The van der Waals surface area contributed by atoms with Gasteiger partial charge in [-0.15, -0.1) is 0 Å². The highest BCUT2D eigenvalue weighted by Gasteiger charge is 2.17. The van der Waals surface area contributed by atoms with Crippen LogP contribution in [0.4, 0.5) is 10.1 Å². The molecule has 1 amide bonds. The molecule has 0 atom stereocenters. The Kier molecular flexibility index (Phi) is 3.71. The Bertz CT molecular complexity index is 652. The number of hydrogen-bond acceptors (Lipinski definition) is 2. The summed E-state index contributed by atoms with van der Waals surface area (Å²) in [5.41, 5.74) is 2.53. The molecule has 0 aliphatic carbocycles. The fourth-order valence-electron chi connectivity index (χ4n) is 1.87. The number of hydrogen-bond donors (Lipinski definition) is 1. The predicted octanol–water partition coefficient (Wildman–Crippen LogP) is 3.19. The molecule has 0 spiro atoms. The Hall–Kier alpha value is -1.69. The zero-order valence-corrected chi connectivity index (χ0v) is 12.4. The van der Waals surface area contributed by atoms with Crippen molar-refractivity contribution in [3.63, 3.8) is 0 Å². The third kappa shape index (κ3) is 2.68. The number of amides is 1. The lowest BCUT2D eigenvalue weighted by Gasteiger charge is -2.06. The van der Waals surface area contributed by atoms with Crippen LogP contribution in [0.25, 0.3) is 0 Å². The highest BCUT2D eigenvalue weighted by molar-refractivity contribution is 9.10. The second kappa shape index (κ2) is 5.13. The number of carbonyl (C=O) groups excluding carboxylic acids is 1. The number of carbonyl (C=O) groups is 1. The van der Waals surface area contributed by atoms with E-state index in [1.807, 2.05) is 6.92 Å². The summed E-state index contributed by atoms with van der Waals surface area (Å²) in [4.78, 5) is 12.2. The summed E-state index contributed by atoms with van der Waals surface area (Å²) in [5.74, 6) is -0.617. The molecule has 0 radical (unpaired) electrons. The molecular formula is C13H13BrFN3O. The molecular weight excluding hydrogens is 313 g/mol. The van der Waals surface area contributed by atoms with Crippen LogP contribution in [0.1, 0.15) is 21.7 Å². The van der Waals surface area contributed by atoms with Crippen LogP contribution in [0.5, 0.6) is 0 Å². The van der Waals surface area contributed by atoms with Gasteiger partial charge in [0.05, 0.1) is 15.7 Å². The van der Waals surface area contributed by atoms with Crippen molar-refractivity contribution >= 4 is 27.5 Å². The Labute approximate surface area is 118 Å². The first-order valence-corrected chi connectivity index (χ1v) is 6.46. The molecule has 0 saturated carbocycles. The number of aromatic nitrogens is 2. The molecule has 6 heteroatoms. The van der Waals surface area contributed by atoms with Gasteiger partial charge in [0.2, 0.25) is 0 Å². The molecule has 19 heavy (non-hydrogen) atoms. The lowest BCUT2D eigenvalue weighted by atomic mass is 10.2. The van der Waals surface area contributed by atoms with E-state index in [-0.39, 0.29) is 11.7 Å². The molecule has 0 bridgehead atoms. The normalized spacial score (nSPS) is 10.6. The molecule has 1 aromatic heterocycles. The van der Waals surface area contributed by atoms with Gasteiger partial charge in [-0.05, 0) is 48.0 Å². The summed E-state index contributed by atoms with van der Waals surface area (Å²) in [6.07, 6.45) is 0. The van der Waals surface area contributed by atoms with Crippen LogP contribution >= 0.6 is 15.9 Å². The van der Waals surface area contributed by atoms with E-state index in [1.165, 1.54) is 18.2 Å². The third-order valence-electron chi connectivity index (χ3n) is 2.91. The topological polar surface area (TPSA) is 46.9 Å². The second-order valence-electron chi connectivity index (χ2n) is 4.25. The maximum absolute atomic E-state index is 13.1. The minimum Gasteiger partial charge on any atom is -0.322 e. The first-order valence-electron chi connectivity index (χ1n) is 5.66. The van der Waals surface area contributed by atoms with Gasteiger partial charge in [0, 0.05) is 18.4 Å². The first kappa shape index (κ1) is 13.7. The summed E-state index contributed by atoms with van der Waals surface area (Å²) in [5, 5.41) is 6.92. The minimum atomic E-state index is -0.369. The van der Waals surface area contributed by atoms with Gasteiger partial charge >= 0.3 is 0 Å². The van der Waals surface area contributed by atoms with Crippen molar-refractivity contribution in [2.24, 2.45) is 7.05 Å². The van der Waals surface area contributed by atoms with Crippen molar-refractivity contribution in [2.75, 3.05) is 5.32 Å². The van der Waals surface area contributed by atoms with Crippen LogP contribution in [0.2, 0.25) is 0 Å². The van der Waals surface area contributed by atoms with Crippen molar-refractivity contribution < 1.29 is 9.18 Å². The van der Waals surface area contributed by atoms with Gasteiger partial charge in [0.25, 0.3) is 5.91 Å². The van der Waals surface area contributed by atoms with Crippen molar-refractivity contribution in [3.05, 3.63) is 45.4 Å². The highest BCUT2D eigenvalue weighted by Crippen LogP contribution is 2.21. The van der Waals surface area contributed by atoms with E-state index < -0.39 is 0 Å². The van der Waals surface area contributed by atoms with E-state index in [0.717, 1.165) is 5.69 Å². The zero-order valence-electron chi connectivity index (χ0n) is 10.8. The Morgan fingerprint density at radius 3 is 2.63 bits per heavy atom. The van der Waals surface area contributed by atoms with E-state index in [2.05, 4.69) is 26.3 Å². The number of nitrogens with one attached hydrogen (secondary N) is 1. The Balaban J connectivity index is 2.28. The molecule has 4 nitrogen and oxygen atoms in total. The van der Waals surface area contributed by atoms with Crippen molar-refractivity contribution in [1.29, 1.82) is 0 Å². The average Bonchev–Trinajstić information content (AvgIpc) is 2.58. The lowest BCUT2D eigenvalue weighted by Crippen LogP contribution is -2.14. The third-order valence-corrected chi connectivity index (χ3v) is 3.52. The molecule has 100 valence electrons. The molecule has 0 aliphatic rings. The van der Waals surface area contributed by atoms with E-state index in [0.29, 0.717) is 21.4 Å². The van der Waals surface area contributed by atoms with Crippen molar-refractivity contribution in [3.8, 4) is 0 Å². The molecule has 1 N–H and O–H groups in total. The molecule has 2 aromatic rings. The number of benzene rings is 1. The monoisotopic (exact) mass is 325 g/mol. The van der Waals surface area contributed by atoms with Gasteiger partial charge in [0.15, 0.2) is 0 Å². The van der Waals surface area contributed by atoms with Crippen LogP contribution in [-0.2, 0) is 7.05 Å². The fraction of sp³-hybridized carbons (Fsp3) is 0.231. The second-order valence-corrected chi connectivity index (χ2v) is 5.11. The highest BCUT2D eigenvalue weighted by atomic mass is 79.9. The minimum absolute atomic E-state index is 0.249. The van der Waals surface area contributed by atoms with Gasteiger partial charge in [-0.25, -0.2) is 4.39 Å². The Morgan fingerprint density at radius 1 is 1.42 bits per heavy atom. The van der Waals surface area contributed by atoms with Crippen molar-refractivity contribution in [1.82, 2.24) is 9.78 Å². The van der Waals surface area contributed by atoms with Gasteiger partial charge in [0.1, 0.15) is 5.82 Å². The standard InChI is InChI=1S/C13H13BrFN3O/c1-7-12(8(2)18(3)17-7)13(19)16-9-4-5-11(15)10(14)6-9/h4-6H,1-3H3,(H,16,19). The van der Waals surface area contributed by atoms with E-state index in [9.17, 15) is 9.18 Å². The molecule has 1 heterocycles. The van der Waals surface area contributed by atoms with Gasteiger partial charge in [-0.1, -0.05) is 0 Å². The summed E-state index contributed by atoms with van der Waals surface area (Å²) < 4.78 is 15.1. The maximum atomic E-state index is 13.1. The molecule has 0 saturated heterocycles.